The third-order valence-corrected chi connectivity index (χ3v) is 5.64. The third-order valence-electron chi connectivity index (χ3n) is 2.95. The molecule has 1 rings (SSSR count). The Morgan fingerprint density at radius 2 is 2.19 bits per heavy atom. The maximum atomic E-state index is 12.1. The molecule has 1 saturated heterocycles. The number of hydrogen-bond acceptors (Lipinski definition) is 4. The summed E-state index contributed by atoms with van der Waals surface area (Å²) < 4.78 is 29.4. The van der Waals surface area contributed by atoms with Crippen molar-refractivity contribution in [2.24, 2.45) is 0 Å². The number of rotatable bonds is 5. The van der Waals surface area contributed by atoms with E-state index in [4.69, 9.17) is 9.84 Å². The van der Waals surface area contributed by atoms with Gasteiger partial charge in [-0.25, -0.2) is 8.42 Å². The average Bonchev–Trinajstić information content (AvgIpc) is 2.60. The molecule has 0 spiro atoms. The molecule has 1 fully saturated rings. The van der Waals surface area contributed by atoms with E-state index in [9.17, 15) is 13.2 Å². The zero-order chi connectivity index (χ0) is 12.3. The molecule has 0 bridgehead atoms. The lowest BCUT2D eigenvalue weighted by atomic mass is 10.2. The molecule has 16 heavy (non-hydrogen) atoms. The van der Waals surface area contributed by atoms with Gasteiger partial charge in [0.05, 0.1) is 11.4 Å². The van der Waals surface area contributed by atoms with Crippen molar-refractivity contribution < 1.29 is 23.1 Å². The number of hydrogen-bond donors (Lipinski definition) is 1. The Labute approximate surface area is 95.7 Å². The second-order valence-electron chi connectivity index (χ2n) is 4.11. The van der Waals surface area contributed by atoms with E-state index in [0.29, 0.717) is 19.4 Å². The summed E-state index contributed by atoms with van der Waals surface area (Å²) in [6, 6.07) is 0. The number of carbonyl (C=O) groups is 1. The number of aliphatic carboxylic acids is 1. The molecule has 94 valence electrons. The van der Waals surface area contributed by atoms with Crippen LogP contribution in [0.1, 0.15) is 33.1 Å². The fraction of sp³-hybridized carbons (Fsp3) is 0.900. The van der Waals surface area contributed by atoms with Crippen LogP contribution in [0.25, 0.3) is 0 Å². The van der Waals surface area contributed by atoms with Crippen LogP contribution in [0.4, 0.5) is 0 Å². The Kier molecular flexibility index (Phi) is 4.32. The first-order chi connectivity index (χ1) is 7.41. The first-order valence-electron chi connectivity index (χ1n) is 5.48. The lowest BCUT2D eigenvalue weighted by molar-refractivity contribution is -0.136. The minimum atomic E-state index is -3.64. The van der Waals surface area contributed by atoms with Crippen molar-refractivity contribution in [1.29, 1.82) is 0 Å². The normalized spacial score (nSPS) is 27.9. The van der Waals surface area contributed by atoms with Gasteiger partial charge < -0.3 is 9.84 Å². The van der Waals surface area contributed by atoms with Gasteiger partial charge in [-0.15, -0.1) is 0 Å². The fourth-order valence-corrected chi connectivity index (χ4v) is 4.35. The van der Waals surface area contributed by atoms with E-state index in [2.05, 4.69) is 0 Å². The minimum Gasteiger partial charge on any atom is -0.480 e. The summed E-state index contributed by atoms with van der Waals surface area (Å²) in [4.78, 5) is 11.0. The van der Waals surface area contributed by atoms with Gasteiger partial charge >= 0.3 is 5.97 Å². The zero-order valence-electron chi connectivity index (χ0n) is 9.55. The summed E-state index contributed by atoms with van der Waals surface area (Å²) >= 11 is 0. The summed E-state index contributed by atoms with van der Waals surface area (Å²) in [7, 11) is -3.64. The van der Waals surface area contributed by atoms with Crippen molar-refractivity contribution >= 4 is 15.8 Å². The summed E-state index contributed by atoms with van der Waals surface area (Å²) in [5, 5.41) is 7.01. The Morgan fingerprint density at radius 1 is 1.56 bits per heavy atom. The summed E-state index contributed by atoms with van der Waals surface area (Å²) in [6.07, 6.45) is 0.708. The summed E-state index contributed by atoms with van der Waals surface area (Å²) in [5.41, 5.74) is 0. The fourth-order valence-electron chi connectivity index (χ4n) is 2.04. The predicted octanol–water partition coefficient (Wildman–Crippen LogP) is 0.832. The van der Waals surface area contributed by atoms with Gasteiger partial charge in [-0.05, 0) is 19.8 Å². The molecule has 0 aromatic rings. The van der Waals surface area contributed by atoms with Crippen LogP contribution in [-0.4, -0.2) is 42.7 Å². The van der Waals surface area contributed by atoms with Gasteiger partial charge in [0.25, 0.3) is 0 Å². The third kappa shape index (κ3) is 2.55. The Balaban J connectivity index is 2.93. The molecule has 0 aromatic carbocycles. The van der Waals surface area contributed by atoms with Crippen LogP contribution in [0.15, 0.2) is 0 Å². The number of carboxylic acid groups (broad SMARTS) is 1. The van der Waals surface area contributed by atoms with Gasteiger partial charge in [0.15, 0.2) is 15.1 Å². The largest absolute Gasteiger partial charge is 0.480 e. The molecule has 1 N–H and O–H groups in total. The van der Waals surface area contributed by atoms with E-state index in [1.807, 2.05) is 0 Å². The van der Waals surface area contributed by atoms with E-state index in [-0.39, 0.29) is 6.42 Å². The second kappa shape index (κ2) is 5.14. The quantitative estimate of drug-likeness (QED) is 0.781. The van der Waals surface area contributed by atoms with Gasteiger partial charge in [-0.2, -0.15) is 0 Å². The van der Waals surface area contributed by atoms with Gasteiger partial charge in [0.2, 0.25) is 0 Å². The SMILES string of the molecule is CCCC(C(=O)O)S(=O)(=O)C1CCOC1C. The average molecular weight is 250 g/mol. The second-order valence-corrected chi connectivity index (χ2v) is 6.46. The Bertz CT molecular complexity index is 348. The molecular formula is C10H18O5S. The summed E-state index contributed by atoms with van der Waals surface area (Å²) in [6.45, 7) is 3.85. The van der Waals surface area contributed by atoms with E-state index in [0.717, 1.165) is 0 Å². The van der Waals surface area contributed by atoms with E-state index in [1.54, 1.807) is 13.8 Å². The molecule has 0 aromatic heterocycles. The van der Waals surface area contributed by atoms with Crippen LogP contribution in [-0.2, 0) is 19.4 Å². The molecule has 5 nitrogen and oxygen atoms in total. The van der Waals surface area contributed by atoms with E-state index >= 15 is 0 Å². The van der Waals surface area contributed by atoms with E-state index in [1.165, 1.54) is 0 Å². The molecule has 3 atom stereocenters. The van der Waals surface area contributed by atoms with Crippen molar-refractivity contribution in [2.45, 2.75) is 49.7 Å². The highest BCUT2D eigenvalue weighted by atomic mass is 32.2. The number of sulfone groups is 1. The van der Waals surface area contributed by atoms with Gasteiger partial charge in [-0.1, -0.05) is 13.3 Å². The van der Waals surface area contributed by atoms with Crippen molar-refractivity contribution in [3.8, 4) is 0 Å². The van der Waals surface area contributed by atoms with Crippen LogP contribution in [0, 0.1) is 0 Å². The van der Waals surface area contributed by atoms with Gasteiger partial charge in [0, 0.05) is 6.61 Å². The summed E-state index contributed by atoms with van der Waals surface area (Å²) in [5.74, 6) is -1.25. The lowest BCUT2D eigenvalue weighted by Crippen LogP contribution is -2.40. The number of ether oxygens (including phenoxy) is 1. The molecule has 0 saturated carbocycles. The molecular weight excluding hydrogens is 232 g/mol. The molecule has 0 aliphatic carbocycles. The van der Waals surface area contributed by atoms with Crippen molar-refractivity contribution in [3.63, 3.8) is 0 Å². The molecule has 0 radical (unpaired) electrons. The maximum Gasteiger partial charge on any atom is 0.321 e. The molecule has 1 aliphatic rings. The monoisotopic (exact) mass is 250 g/mol. The van der Waals surface area contributed by atoms with Gasteiger partial charge in [-0.3, -0.25) is 4.79 Å². The van der Waals surface area contributed by atoms with Crippen LogP contribution < -0.4 is 0 Å². The predicted molar refractivity (Wildman–Crippen MR) is 59.1 cm³/mol. The molecule has 3 unspecified atom stereocenters. The lowest BCUT2D eigenvalue weighted by Gasteiger charge is -2.20. The van der Waals surface area contributed by atoms with Crippen molar-refractivity contribution in [3.05, 3.63) is 0 Å². The Morgan fingerprint density at radius 3 is 2.56 bits per heavy atom. The van der Waals surface area contributed by atoms with Crippen LogP contribution in [0.5, 0.6) is 0 Å². The van der Waals surface area contributed by atoms with Gasteiger partial charge in [0.1, 0.15) is 0 Å². The number of carboxylic acids is 1. The van der Waals surface area contributed by atoms with Crippen molar-refractivity contribution in [2.75, 3.05) is 6.61 Å². The van der Waals surface area contributed by atoms with Crippen LogP contribution >= 0.6 is 0 Å². The first kappa shape index (κ1) is 13.4. The Hall–Kier alpha value is -0.620. The molecule has 0 amide bonds. The highest BCUT2D eigenvalue weighted by Crippen LogP contribution is 2.26. The van der Waals surface area contributed by atoms with E-state index < -0.39 is 32.4 Å². The standard InChI is InChI=1S/C10H18O5S/c1-3-4-9(10(11)12)16(13,14)8-5-6-15-7(8)2/h7-9H,3-6H2,1-2H3,(H,11,12). The molecule has 6 heteroatoms. The smallest absolute Gasteiger partial charge is 0.321 e. The van der Waals surface area contributed by atoms with Crippen molar-refractivity contribution in [1.82, 2.24) is 0 Å². The zero-order valence-corrected chi connectivity index (χ0v) is 10.4. The minimum absolute atomic E-state index is 0.168. The topological polar surface area (TPSA) is 80.7 Å². The molecule has 1 heterocycles. The van der Waals surface area contributed by atoms with Crippen LogP contribution in [0.2, 0.25) is 0 Å². The first-order valence-corrected chi connectivity index (χ1v) is 7.09. The maximum absolute atomic E-state index is 12.1. The molecule has 1 aliphatic heterocycles. The highest BCUT2D eigenvalue weighted by molar-refractivity contribution is 7.93. The highest BCUT2D eigenvalue weighted by Gasteiger charge is 2.43. The van der Waals surface area contributed by atoms with Crippen LogP contribution in [0.3, 0.4) is 0 Å².